The second-order valence-corrected chi connectivity index (χ2v) is 3.11. The minimum atomic E-state index is -0.593. The Bertz CT molecular complexity index is 430. The molecular weight excluding hydrogens is 226 g/mol. The molecule has 0 fully saturated rings. The number of hydrogen-bond donors (Lipinski definition) is 1. The Kier molecular flexibility index (Phi) is 4.33. The molecule has 0 saturated carbocycles. The smallest absolute Gasteiger partial charge is 0.337 e. The normalized spacial score (nSPS) is 9.53. The summed E-state index contributed by atoms with van der Waals surface area (Å²) in [4.78, 5) is 21.8. The van der Waals surface area contributed by atoms with E-state index in [4.69, 9.17) is 15.2 Å². The maximum atomic E-state index is 11.3. The Morgan fingerprint density at radius 3 is 2.47 bits per heavy atom. The van der Waals surface area contributed by atoms with Crippen molar-refractivity contribution in [3.05, 3.63) is 23.8 Å². The molecule has 0 saturated heterocycles. The summed E-state index contributed by atoms with van der Waals surface area (Å²) in [7, 11) is 2.71. The predicted octanol–water partition coefficient (Wildman–Crippen LogP) is 0.346. The highest BCUT2D eigenvalue weighted by Gasteiger charge is 2.11. The summed E-state index contributed by atoms with van der Waals surface area (Å²) in [5.41, 5.74) is 5.28. The molecule has 6 heteroatoms. The number of methoxy groups -OCH3 is 2. The van der Waals surface area contributed by atoms with Crippen molar-refractivity contribution in [2.45, 2.75) is 0 Å². The zero-order valence-electron chi connectivity index (χ0n) is 9.56. The third-order valence-electron chi connectivity index (χ3n) is 1.95. The third kappa shape index (κ3) is 3.37. The van der Waals surface area contributed by atoms with Crippen molar-refractivity contribution in [1.29, 1.82) is 0 Å². The number of ether oxygens (including phenoxy) is 3. The van der Waals surface area contributed by atoms with Crippen molar-refractivity contribution in [3.8, 4) is 11.5 Å². The summed E-state index contributed by atoms with van der Waals surface area (Å²) in [6.45, 7) is -0.256. The van der Waals surface area contributed by atoms with Crippen LogP contribution in [0.1, 0.15) is 10.4 Å². The average molecular weight is 239 g/mol. The Labute approximate surface area is 98.3 Å². The fourth-order valence-corrected chi connectivity index (χ4v) is 1.18. The molecule has 92 valence electrons. The van der Waals surface area contributed by atoms with Crippen LogP contribution in [0, 0.1) is 0 Å². The second-order valence-electron chi connectivity index (χ2n) is 3.11. The molecule has 1 aromatic carbocycles. The Balaban J connectivity index is 2.93. The fourth-order valence-electron chi connectivity index (χ4n) is 1.18. The zero-order valence-corrected chi connectivity index (χ0v) is 9.56. The average Bonchev–Trinajstić information content (AvgIpc) is 2.34. The van der Waals surface area contributed by atoms with Gasteiger partial charge in [0.05, 0.1) is 19.8 Å². The van der Waals surface area contributed by atoms with Gasteiger partial charge in [0.15, 0.2) is 18.1 Å². The number of amides is 1. The topological polar surface area (TPSA) is 87.9 Å². The monoisotopic (exact) mass is 239 g/mol. The molecule has 0 unspecified atom stereocenters. The molecule has 17 heavy (non-hydrogen) atoms. The molecular formula is C11H13NO5. The van der Waals surface area contributed by atoms with E-state index < -0.39 is 11.9 Å². The molecule has 6 nitrogen and oxygen atoms in total. The lowest BCUT2D eigenvalue weighted by Gasteiger charge is -2.10. The minimum absolute atomic E-state index is 0.256. The fraction of sp³-hybridized carbons (Fsp3) is 0.273. The van der Waals surface area contributed by atoms with Crippen LogP contribution in [0.5, 0.6) is 11.5 Å². The van der Waals surface area contributed by atoms with E-state index in [-0.39, 0.29) is 6.61 Å². The summed E-state index contributed by atoms with van der Waals surface area (Å²) in [6, 6.07) is 4.47. The lowest BCUT2D eigenvalue weighted by molar-refractivity contribution is -0.119. The van der Waals surface area contributed by atoms with Crippen molar-refractivity contribution < 1.29 is 23.8 Å². The molecule has 0 aliphatic heterocycles. The summed E-state index contributed by atoms with van der Waals surface area (Å²) < 4.78 is 14.7. The number of benzene rings is 1. The molecule has 2 N–H and O–H groups in total. The van der Waals surface area contributed by atoms with Crippen LogP contribution in [0.2, 0.25) is 0 Å². The summed E-state index contributed by atoms with van der Waals surface area (Å²) in [5, 5.41) is 0. The Morgan fingerprint density at radius 2 is 1.94 bits per heavy atom. The van der Waals surface area contributed by atoms with E-state index in [1.165, 1.54) is 32.4 Å². The Hall–Kier alpha value is -2.24. The van der Waals surface area contributed by atoms with Crippen LogP contribution in [0.3, 0.4) is 0 Å². The standard InChI is InChI=1S/C11H13NO5/c1-15-9-5-7(11(14)16-2)3-4-8(9)17-6-10(12)13/h3-5H,6H2,1-2H3,(H2,12,13). The van der Waals surface area contributed by atoms with E-state index in [0.29, 0.717) is 17.1 Å². The number of primary amides is 1. The zero-order chi connectivity index (χ0) is 12.8. The maximum Gasteiger partial charge on any atom is 0.337 e. The van der Waals surface area contributed by atoms with E-state index >= 15 is 0 Å². The molecule has 0 atom stereocenters. The molecule has 0 aromatic heterocycles. The van der Waals surface area contributed by atoms with E-state index in [2.05, 4.69) is 4.74 Å². The van der Waals surface area contributed by atoms with Crippen LogP contribution in [0.4, 0.5) is 0 Å². The van der Waals surface area contributed by atoms with Crippen molar-refractivity contribution in [3.63, 3.8) is 0 Å². The van der Waals surface area contributed by atoms with Gasteiger partial charge in [0.25, 0.3) is 5.91 Å². The maximum absolute atomic E-state index is 11.3. The van der Waals surface area contributed by atoms with Crippen molar-refractivity contribution >= 4 is 11.9 Å². The number of esters is 1. The van der Waals surface area contributed by atoms with E-state index in [9.17, 15) is 9.59 Å². The number of hydrogen-bond acceptors (Lipinski definition) is 5. The SMILES string of the molecule is COC(=O)c1ccc(OCC(N)=O)c(OC)c1. The molecule has 0 aliphatic rings. The number of rotatable bonds is 5. The van der Waals surface area contributed by atoms with Crippen molar-refractivity contribution in [2.75, 3.05) is 20.8 Å². The Morgan fingerprint density at radius 1 is 1.24 bits per heavy atom. The first-order valence-corrected chi connectivity index (χ1v) is 4.76. The van der Waals surface area contributed by atoms with Gasteiger partial charge < -0.3 is 19.9 Å². The van der Waals surface area contributed by atoms with Gasteiger partial charge in [0.2, 0.25) is 0 Å². The van der Waals surface area contributed by atoms with Gasteiger partial charge in [-0.2, -0.15) is 0 Å². The number of carbonyl (C=O) groups is 2. The van der Waals surface area contributed by atoms with E-state index in [1.54, 1.807) is 0 Å². The van der Waals surface area contributed by atoms with Gasteiger partial charge in [0.1, 0.15) is 0 Å². The van der Waals surface area contributed by atoms with Crippen LogP contribution >= 0.6 is 0 Å². The van der Waals surface area contributed by atoms with Crippen molar-refractivity contribution in [2.24, 2.45) is 5.73 Å². The summed E-state index contributed by atoms with van der Waals surface area (Å²) in [5.74, 6) is -0.415. The van der Waals surface area contributed by atoms with E-state index in [0.717, 1.165) is 0 Å². The van der Waals surface area contributed by atoms with Gasteiger partial charge in [-0.25, -0.2) is 4.79 Å². The third-order valence-corrected chi connectivity index (χ3v) is 1.95. The first-order valence-electron chi connectivity index (χ1n) is 4.76. The van der Waals surface area contributed by atoms with Gasteiger partial charge in [0, 0.05) is 0 Å². The van der Waals surface area contributed by atoms with Crippen LogP contribution < -0.4 is 15.2 Å². The molecule has 0 bridgehead atoms. The lowest BCUT2D eigenvalue weighted by Crippen LogP contribution is -2.20. The first kappa shape index (κ1) is 12.8. The van der Waals surface area contributed by atoms with Crippen molar-refractivity contribution in [1.82, 2.24) is 0 Å². The predicted molar refractivity (Wildman–Crippen MR) is 59.0 cm³/mol. The van der Waals surface area contributed by atoms with Crippen LogP contribution in [0.25, 0.3) is 0 Å². The minimum Gasteiger partial charge on any atom is -0.493 e. The molecule has 1 rings (SSSR count). The van der Waals surface area contributed by atoms with Crippen LogP contribution in [-0.2, 0) is 9.53 Å². The number of carbonyl (C=O) groups excluding carboxylic acids is 2. The van der Waals surface area contributed by atoms with Crippen LogP contribution in [0.15, 0.2) is 18.2 Å². The summed E-state index contributed by atoms with van der Waals surface area (Å²) in [6.07, 6.45) is 0. The van der Waals surface area contributed by atoms with E-state index in [1.807, 2.05) is 0 Å². The second kappa shape index (κ2) is 5.74. The quantitative estimate of drug-likeness (QED) is 0.749. The molecule has 0 aliphatic carbocycles. The largest absolute Gasteiger partial charge is 0.493 e. The van der Waals surface area contributed by atoms with Gasteiger partial charge in [-0.3, -0.25) is 4.79 Å². The molecule has 0 spiro atoms. The molecule has 0 radical (unpaired) electrons. The molecule has 0 heterocycles. The highest BCUT2D eigenvalue weighted by atomic mass is 16.5. The van der Waals surface area contributed by atoms with Gasteiger partial charge >= 0.3 is 5.97 Å². The lowest BCUT2D eigenvalue weighted by atomic mass is 10.2. The molecule has 1 amide bonds. The highest BCUT2D eigenvalue weighted by molar-refractivity contribution is 5.90. The van der Waals surface area contributed by atoms with Gasteiger partial charge in [-0.1, -0.05) is 0 Å². The van der Waals surface area contributed by atoms with Crippen LogP contribution in [-0.4, -0.2) is 32.7 Å². The summed E-state index contributed by atoms with van der Waals surface area (Å²) >= 11 is 0. The van der Waals surface area contributed by atoms with Gasteiger partial charge in [-0.15, -0.1) is 0 Å². The highest BCUT2D eigenvalue weighted by Crippen LogP contribution is 2.28. The van der Waals surface area contributed by atoms with Gasteiger partial charge in [-0.05, 0) is 18.2 Å². The molecule has 1 aromatic rings. The number of nitrogens with two attached hydrogens (primary N) is 1. The first-order chi connectivity index (χ1) is 8.08.